The molecule has 2 N–H and O–H groups in total. The largest absolute Gasteiger partial charge is 0.379 e. The van der Waals surface area contributed by atoms with Gasteiger partial charge in [-0.25, -0.2) is 0 Å². The van der Waals surface area contributed by atoms with Crippen molar-refractivity contribution >= 4 is 29.9 Å². The molecular weight excluding hydrogens is 417 g/mol. The maximum atomic E-state index is 5.40. The van der Waals surface area contributed by atoms with Gasteiger partial charge >= 0.3 is 0 Å². The van der Waals surface area contributed by atoms with Crippen LogP contribution in [0.15, 0.2) is 29.4 Å². The number of pyridine rings is 1. The fraction of sp³-hybridized carbons (Fsp3) is 0.647. The maximum absolute atomic E-state index is 5.40. The van der Waals surface area contributed by atoms with E-state index in [0.717, 1.165) is 64.0 Å². The number of hydrogen-bond acceptors (Lipinski definition) is 4. The SMILES string of the molecule is CCNC(=NCC(C)N1CCOCC1)NCCc1ccccn1.I. The zero-order valence-corrected chi connectivity index (χ0v) is 17.0. The number of rotatable bonds is 7. The second-order valence-electron chi connectivity index (χ2n) is 5.71. The van der Waals surface area contributed by atoms with Gasteiger partial charge in [0, 0.05) is 50.5 Å². The number of nitrogens with one attached hydrogen (secondary N) is 2. The molecule has 7 heteroatoms. The first-order chi connectivity index (χ1) is 11.3. The molecule has 0 bridgehead atoms. The molecule has 0 aromatic carbocycles. The Morgan fingerprint density at radius 3 is 2.79 bits per heavy atom. The fourth-order valence-corrected chi connectivity index (χ4v) is 2.55. The van der Waals surface area contributed by atoms with Gasteiger partial charge in [0.05, 0.1) is 19.8 Å². The second kappa shape index (κ2) is 12.4. The van der Waals surface area contributed by atoms with Crippen molar-refractivity contribution in [3.05, 3.63) is 30.1 Å². The van der Waals surface area contributed by atoms with E-state index in [9.17, 15) is 0 Å². The minimum Gasteiger partial charge on any atom is -0.379 e. The van der Waals surface area contributed by atoms with E-state index in [2.05, 4.69) is 34.4 Å². The molecule has 1 aromatic rings. The summed E-state index contributed by atoms with van der Waals surface area (Å²) in [4.78, 5) is 11.5. The molecule has 1 aromatic heterocycles. The summed E-state index contributed by atoms with van der Waals surface area (Å²) in [5.74, 6) is 0.878. The maximum Gasteiger partial charge on any atom is 0.191 e. The van der Waals surface area contributed by atoms with Crippen LogP contribution < -0.4 is 10.6 Å². The highest BCUT2D eigenvalue weighted by Crippen LogP contribution is 2.03. The zero-order valence-electron chi connectivity index (χ0n) is 14.7. The van der Waals surface area contributed by atoms with Gasteiger partial charge in [0.15, 0.2) is 5.96 Å². The first kappa shape index (κ1) is 21.1. The highest BCUT2D eigenvalue weighted by molar-refractivity contribution is 14.0. The van der Waals surface area contributed by atoms with E-state index in [0.29, 0.717) is 6.04 Å². The van der Waals surface area contributed by atoms with Gasteiger partial charge in [-0.1, -0.05) is 6.07 Å². The molecule has 0 amide bonds. The number of ether oxygens (including phenoxy) is 1. The minimum atomic E-state index is 0. The molecule has 0 aliphatic carbocycles. The summed E-state index contributed by atoms with van der Waals surface area (Å²) in [6.07, 6.45) is 2.73. The first-order valence-electron chi connectivity index (χ1n) is 8.53. The van der Waals surface area contributed by atoms with Gasteiger partial charge in [0.25, 0.3) is 0 Å². The normalized spacial score (nSPS) is 17.0. The van der Waals surface area contributed by atoms with Crippen LogP contribution in [0.4, 0.5) is 0 Å². The van der Waals surface area contributed by atoms with E-state index >= 15 is 0 Å². The van der Waals surface area contributed by atoms with E-state index in [-0.39, 0.29) is 24.0 Å². The number of hydrogen-bond donors (Lipinski definition) is 2. The van der Waals surface area contributed by atoms with Crippen LogP contribution in [0.2, 0.25) is 0 Å². The van der Waals surface area contributed by atoms with Crippen LogP contribution in [0, 0.1) is 0 Å². The number of halogens is 1. The smallest absolute Gasteiger partial charge is 0.191 e. The van der Waals surface area contributed by atoms with Crippen LogP contribution in [0.1, 0.15) is 19.5 Å². The van der Waals surface area contributed by atoms with Crippen molar-refractivity contribution < 1.29 is 4.74 Å². The van der Waals surface area contributed by atoms with E-state index < -0.39 is 0 Å². The Morgan fingerprint density at radius 2 is 2.12 bits per heavy atom. The number of guanidine groups is 1. The Kier molecular flexibility index (Phi) is 10.9. The van der Waals surface area contributed by atoms with Crippen molar-refractivity contribution in [2.45, 2.75) is 26.3 Å². The van der Waals surface area contributed by atoms with Crippen LogP contribution >= 0.6 is 24.0 Å². The third-order valence-electron chi connectivity index (χ3n) is 3.93. The van der Waals surface area contributed by atoms with Crippen molar-refractivity contribution in [3.63, 3.8) is 0 Å². The Bertz CT molecular complexity index is 465. The fourth-order valence-electron chi connectivity index (χ4n) is 2.55. The lowest BCUT2D eigenvalue weighted by molar-refractivity contribution is 0.0220. The molecule has 1 saturated heterocycles. The summed E-state index contributed by atoms with van der Waals surface area (Å²) >= 11 is 0. The monoisotopic (exact) mass is 447 g/mol. The third kappa shape index (κ3) is 7.76. The van der Waals surface area contributed by atoms with Crippen LogP contribution in [0.25, 0.3) is 0 Å². The van der Waals surface area contributed by atoms with Crippen LogP contribution in [-0.4, -0.2) is 67.8 Å². The number of nitrogens with zero attached hydrogens (tertiary/aromatic N) is 3. The van der Waals surface area contributed by atoms with Crippen molar-refractivity contribution in [2.75, 3.05) is 45.9 Å². The predicted octanol–water partition coefficient (Wildman–Crippen LogP) is 1.52. The molecule has 0 radical (unpaired) electrons. The van der Waals surface area contributed by atoms with E-state index in [1.807, 2.05) is 24.4 Å². The van der Waals surface area contributed by atoms with Crippen molar-refractivity contribution in [3.8, 4) is 0 Å². The van der Waals surface area contributed by atoms with Crippen molar-refractivity contribution in [1.29, 1.82) is 0 Å². The van der Waals surface area contributed by atoms with E-state index in [1.54, 1.807) is 0 Å². The summed E-state index contributed by atoms with van der Waals surface area (Å²) in [7, 11) is 0. The lowest BCUT2D eigenvalue weighted by atomic mass is 10.2. The Labute approximate surface area is 162 Å². The summed E-state index contributed by atoms with van der Waals surface area (Å²) in [6, 6.07) is 6.44. The first-order valence-corrected chi connectivity index (χ1v) is 8.53. The van der Waals surface area contributed by atoms with Gasteiger partial charge in [-0.2, -0.15) is 0 Å². The lowest BCUT2D eigenvalue weighted by Gasteiger charge is -2.31. The molecule has 1 aliphatic heterocycles. The molecule has 2 rings (SSSR count). The zero-order chi connectivity index (χ0) is 16.3. The summed E-state index contributed by atoms with van der Waals surface area (Å²) in [5, 5.41) is 6.69. The average Bonchev–Trinajstić information content (AvgIpc) is 2.61. The van der Waals surface area contributed by atoms with Gasteiger partial charge in [0.2, 0.25) is 0 Å². The van der Waals surface area contributed by atoms with Gasteiger partial charge in [-0.3, -0.25) is 14.9 Å². The lowest BCUT2D eigenvalue weighted by Crippen LogP contribution is -2.44. The van der Waals surface area contributed by atoms with Gasteiger partial charge in [-0.05, 0) is 26.0 Å². The molecule has 136 valence electrons. The Morgan fingerprint density at radius 1 is 1.33 bits per heavy atom. The molecule has 1 unspecified atom stereocenters. The minimum absolute atomic E-state index is 0. The molecule has 1 fully saturated rings. The third-order valence-corrected chi connectivity index (χ3v) is 3.93. The number of aromatic nitrogens is 1. The average molecular weight is 447 g/mol. The standard InChI is InChI=1S/C17H29N5O.HI/c1-3-18-17(20-9-7-16-6-4-5-8-19-16)21-14-15(2)22-10-12-23-13-11-22;/h4-6,8,15H,3,7,9-14H2,1-2H3,(H2,18,20,21);1H. The van der Waals surface area contributed by atoms with Crippen molar-refractivity contribution in [2.24, 2.45) is 4.99 Å². The molecule has 24 heavy (non-hydrogen) atoms. The van der Waals surface area contributed by atoms with Gasteiger partial charge in [0.1, 0.15) is 0 Å². The summed E-state index contributed by atoms with van der Waals surface area (Å²) in [5.41, 5.74) is 1.09. The molecule has 0 saturated carbocycles. The number of morpholine rings is 1. The predicted molar refractivity (Wildman–Crippen MR) is 109 cm³/mol. The Hall–Kier alpha value is -0.930. The van der Waals surface area contributed by atoms with Crippen LogP contribution in [0.5, 0.6) is 0 Å². The molecule has 6 nitrogen and oxygen atoms in total. The molecular formula is C17H30IN5O. The molecule has 1 aliphatic rings. The van der Waals surface area contributed by atoms with Crippen molar-refractivity contribution in [1.82, 2.24) is 20.5 Å². The van der Waals surface area contributed by atoms with Crippen LogP contribution in [-0.2, 0) is 11.2 Å². The van der Waals surface area contributed by atoms with E-state index in [1.165, 1.54) is 0 Å². The highest BCUT2D eigenvalue weighted by Gasteiger charge is 2.16. The molecule has 2 heterocycles. The van der Waals surface area contributed by atoms with E-state index in [4.69, 9.17) is 9.73 Å². The Balaban J connectivity index is 0.00000288. The summed E-state index contributed by atoms with van der Waals surface area (Å²) in [6.45, 7) is 10.5. The summed E-state index contributed by atoms with van der Waals surface area (Å²) < 4.78 is 5.40. The quantitative estimate of drug-likeness (QED) is 0.377. The topological polar surface area (TPSA) is 61.8 Å². The highest BCUT2D eigenvalue weighted by atomic mass is 127. The van der Waals surface area contributed by atoms with Gasteiger partial charge in [-0.15, -0.1) is 24.0 Å². The van der Waals surface area contributed by atoms with Gasteiger partial charge < -0.3 is 15.4 Å². The molecule has 1 atom stereocenters. The molecule has 0 spiro atoms. The van der Waals surface area contributed by atoms with Crippen LogP contribution in [0.3, 0.4) is 0 Å². The second-order valence-corrected chi connectivity index (χ2v) is 5.71. The number of aliphatic imine (C=N–C) groups is 1.